The number of H-pyrrole nitrogens is 1. The first-order valence-electron chi connectivity index (χ1n) is 8.08. The fourth-order valence-corrected chi connectivity index (χ4v) is 3.35. The van der Waals surface area contributed by atoms with Crippen molar-refractivity contribution in [2.24, 2.45) is 0 Å². The molecule has 2 aromatic rings. The lowest BCUT2D eigenvalue weighted by molar-refractivity contribution is -0.132. The zero-order valence-corrected chi connectivity index (χ0v) is 13.1. The van der Waals surface area contributed by atoms with Crippen molar-refractivity contribution in [2.75, 3.05) is 6.54 Å². The van der Waals surface area contributed by atoms with Gasteiger partial charge in [0, 0.05) is 19.2 Å². The third-order valence-electron chi connectivity index (χ3n) is 4.53. The number of nitrogens with one attached hydrogen (secondary N) is 1. The van der Waals surface area contributed by atoms with E-state index in [0.29, 0.717) is 6.42 Å². The van der Waals surface area contributed by atoms with E-state index in [4.69, 9.17) is 0 Å². The van der Waals surface area contributed by atoms with Gasteiger partial charge in [-0.3, -0.25) is 9.89 Å². The van der Waals surface area contributed by atoms with Crippen LogP contribution in [0.5, 0.6) is 0 Å². The normalized spacial score (nSPS) is 17.9. The molecule has 1 aliphatic heterocycles. The van der Waals surface area contributed by atoms with Crippen molar-refractivity contribution in [3.8, 4) is 0 Å². The fourth-order valence-electron chi connectivity index (χ4n) is 3.35. The summed E-state index contributed by atoms with van der Waals surface area (Å²) in [4.78, 5) is 14.7. The average Bonchev–Trinajstić information content (AvgIpc) is 3.18. The highest BCUT2D eigenvalue weighted by Crippen LogP contribution is 2.34. The Labute approximate surface area is 131 Å². The van der Waals surface area contributed by atoms with E-state index in [0.717, 1.165) is 32.2 Å². The lowest BCUT2D eigenvalue weighted by atomic mass is 9.99. The molecule has 1 saturated heterocycles. The van der Waals surface area contributed by atoms with Gasteiger partial charge in [-0.2, -0.15) is 5.10 Å². The molecule has 0 radical (unpaired) electrons. The molecule has 0 bridgehead atoms. The number of likely N-dealkylation sites (tertiary alicyclic amines) is 1. The molecule has 3 rings (SSSR count). The molecule has 0 aliphatic carbocycles. The van der Waals surface area contributed by atoms with Crippen LogP contribution in [0, 0.1) is 6.92 Å². The predicted molar refractivity (Wildman–Crippen MR) is 86.4 cm³/mol. The summed E-state index contributed by atoms with van der Waals surface area (Å²) in [7, 11) is 0. The van der Waals surface area contributed by atoms with Gasteiger partial charge >= 0.3 is 0 Å². The second-order valence-corrected chi connectivity index (χ2v) is 6.06. The Morgan fingerprint density at radius 3 is 3.05 bits per heavy atom. The molecule has 0 unspecified atom stereocenters. The number of hydrogen-bond acceptors (Lipinski definition) is 2. The van der Waals surface area contributed by atoms with Crippen LogP contribution in [0.3, 0.4) is 0 Å². The molecule has 1 aromatic heterocycles. The van der Waals surface area contributed by atoms with Crippen LogP contribution in [0.25, 0.3) is 0 Å². The van der Waals surface area contributed by atoms with Crippen LogP contribution in [0.15, 0.2) is 36.7 Å². The van der Waals surface area contributed by atoms with Gasteiger partial charge in [-0.25, -0.2) is 0 Å². The van der Waals surface area contributed by atoms with Gasteiger partial charge in [-0.05, 0) is 49.3 Å². The first-order valence-corrected chi connectivity index (χ1v) is 8.08. The van der Waals surface area contributed by atoms with Gasteiger partial charge in [-0.15, -0.1) is 0 Å². The van der Waals surface area contributed by atoms with Gasteiger partial charge in [-0.1, -0.05) is 24.3 Å². The number of benzene rings is 1. The maximum Gasteiger partial charge on any atom is 0.223 e. The molecule has 1 aromatic carbocycles. The van der Waals surface area contributed by atoms with E-state index < -0.39 is 0 Å². The number of carbonyl (C=O) groups is 1. The number of aromatic nitrogens is 2. The maximum atomic E-state index is 12.6. The van der Waals surface area contributed by atoms with Crippen LogP contribution in [0.1, 0.15) is 48.4 Å². The van der Waals surface area contributed by atoms with Crippen LogP contribution in [-0.4, -0.2) is 27.5 Å². The maximum absolute atomic E-state index is 12.6. The summed E-state index contributed by atoms with van der Waals surface area (Å²) in [6.45, 7) is 3.03. The molecular weight excluding hydrogens is 274 g/mol. The molecule has 0 saturated carbocycles. The molecule has 1 aliphatic rings. The Bertz CT molecular complexity index is 621. The van der Waals surface area contributed by atoms with Gasteiger partial charge in [0.15, 0.2) is 0 Å². The second-order valence-electron chi connectivity index (χ2n) is 6.06. The summed E-state index contributed by atoms with van der Waals surface area (Å²) in [5, 5.41) is 6.75. The van der Waals surface area contributed by atoms with E-state index in [-0.39, 0.29) is 11.9 Å². The minimum Gasteiger partial charge on any atom is -0.336 e. The van der Waals surface area contributed by atoms with Gasteiger partial charge in [0.25, 0.3) is 0 Å². The Morgan fingerprint density at radius 2 is 2.27 bits per heavy atom. The first-order chi connectivity index (χ1) is 10.8. The highest BCUT2D eigenvalue weighted by Gasteiger charge is 2.30. The summed E-state index contributed by atoms with van der Waals surface area (Å²) in [6.07, 6.45) is 8.33. The summed E-state index contributed by atoms with van der Waals surface area (Å²) >= 11 is 0. The Kier molecular flexibility index (Phi) is 4.56. The number of nitrogens with zero attached hydrogens (tertiary/aromatic N) is 2. The first kappa shape index (κ1) is 14.8. The van der Waals surface area contributed by atoms with Crippen LogP contribution in [-0.2, 0) is 11.2 Å². The van der Waals surface area contributed by atoms with E-state index in [2.05, 4.69) is 46.3 Å². The molecule has 116 valence electrons. The molecule has 4 heteroatoms. The Morgan fingerprint density at radius 1 is 1.41 bits per heavy atom. The number of aromatic amines is 1. The quantitative estimate of drug-likeness (QED) is 0.919. The molecular formula is C18H23N3O. The third kappa shape index (κ3) is 3.21. The smallest absolute Gasteiger partial charge is 0.223 e. The second kappa shape index (κ2) is 6.77. The Balaban J connectivity index is 1.60. The number of rotatable bonds is 5. The molecule has 1 N–H and O–H groups in total. The van der Waals surface area contributed by atoms with Crippen molar-refractivity contribution in [3.63, 3.8) is 0 Å². The molecule has 22 heavy (non-hydrogen) atoms. The molecule has 1 amide bonds. The van der Waals surface area contributed by atoms with Crippen molar-refractivity contribution in [1.82, 2.24) is 15.1 Å². The summed E-state index contributed by atoms with van der Waals surface area (Å²) in [5.41, 5.74) is 3.76. The molecule has 4 nitrogen and oxygen atoms in total. The van der Waals surface area contributed by atoms with Gasteiger partial charge in [0.05, 0.1) is 12.2 Å². The summed E-state index contributed by atoms with van der Waals surface area (Å²) in [5.74, 6) is 0.286. The van der Waals surface area contributed by atoms with Gasteiger partial charge in [0.1, 0.15) is 0 Å². The lowest BCUT2D eigenvalue weighted by Crippen LogP contribution is -2.30. The SMILES string of the molecule is Cc1ccccc1[C@H]1CCCN1C(=O)CCCc1cn[nH]c1. The van der Waals surface area contributed by atoms with Crippen molar-refractivity contribution in [1.29, 1.82) is 0 Å². The largest absolute Gasteiger partial charge is 0.336 e. The topological polar surface area (TPSA) is 49.0 Å². The van der Waals surface area contributed by atoms with Crippen molar-refractivity contribution in [2.45, 2.75) is 45.1 Å². The van der Waals surface area contributed by atoms with E-state index in [1.54, 1.807) is 0 Å². The zero-order valence-electron chi connectivity index (χ0n) is 13.1. The molecule has 1 fully saturated rings. The Hall–Kier alpha value is -2.10. The van der Waals surface area contributed by atoms with Crippen LogP contribution in [0.2, 0.25) is 0 Å². The fraction of sp³-hybridized carbons (Fsp3) is 0.444. The molecule has 1 atom stereocenters. The highest BCUT2D eigenvalue weighted by molar-refractivity contribution is 5.77. The van der Waals surface area contributed by atoms with Crippen molar-refractivity contribution >= 4 is 5.91 Å². The standard InChI is InChI=1S/C18H23N3O/c1-14-6-2-3-8-16(14)17-9-5-11-21(17)18(22)10-4-7-15-12-19-20-13-15/h2-3,6,8,12-13,17H,4-5,7,9-11H2,1H3,(H,19,20)/t17-/m1/s1. The van der Waals surface area contributed by atoms with E-state index in [1.807, 2.05) is 12.4 Å². The monoisotopic (exact) mass is 297 g/mol. The average molecular weight is 297 g/mol. The minimum absolute atomic E-state index is 0.266. The van der Waals surface area contributed by atoms with Gasteiger partial charge in [0.2, 0.25) is 5.91 Å². The predicted octanol–water partition coefficient (Wildman–Crippen LogP) is 3.40. The number of carbonyl (C=O) groups excluding carboxylic acids is 1. The lowest BCUT2D eigenvalue weighted by Gasteiger charge is -2.26. The van der Waals surface area contributed by atoms with Gasteiger partial charge < -0.3 is 4.90 Å². The minimum atomic E-state index is 0.266. The van der Waals surface area contributed by atoms with E-state index in [1.165, 1.54) is 16.7 Å². The molecule has 0 spiro atoms. The number of amides is 1. The van der Waals surface area contributed by atoms with Crippen LogP contribution in [0.4, 0.5) is 0 Å². The van der Waals surface area contributed by atoms with E-state index >= 15 is 0 Å². The number of hydrogen-bond donors (Lipinski definition) is 1. The number of aryl methyl sites for hydroxylation is 2. The molecule has 2 heterocycles. The highest BCUT2D eigenvalue weighted by atomic mass is 16.2. The zero-order chi connectivity index (χ0) is 15.4. The summed E-state index contributed by atoms with van der Waals surface area (Å²) in [6, 6.07) is 8.70. The van der Waals surface area contributed by atoms with Crippen LogP contribution < -0.4 is 0 Å². The van der Waals surface area contributed by atoms with Crippen LogP contribution >= 0.6 is 0 Å². The van der Waals surface area contributed by atoms with E-state index in [9.17, 15) is 4.79 Å². The van der Waals surface area contributed by atoms with Crippen molar-refractivity contribution < 1.29 is 4.79 Å². The van der Waals surface area contributed by atoms with Crippen molar-refractivity contribution in [3.05, 3.63) is 53.3 Å². The summed E-state index contributed by atoms with van der Waals surface area (Å²) < 4.78 is 0. The third-order valence-corrected chi connectivity index (χ3v) is 4.53.